The molecular weight excluding hydrogens is 334 g/mol. The molecule has 0 saturated carbocycles. The Hall–Kier alpha value is -3.19. The number of halogens is 1. The fraction of sp³-hybridized carbons (Fsp3) is 0. The van der Waals surface area contributed by atoms with Crippen LogP contribution in [0.5, 0.6) is 5.75 Å². The Bertz CT molecular complexity index is 922. The molecule has 3 aromatic rings. The topological polar surface area (TPSA) is 105 Å². The summed E-state index contributed by atoms with van der Waals surface area (Å²) in [6.45, 7) is 0. The fourth-order valence-electron chi connectivity index (χ4n) is 2.00. The van der Waals surface area contributed by atoms with Crippen LogP contribution < -0.4 is 5.11 Å². The first-order valence-electron chi connectivity index (χ1n) is 6.77. The lowest BCUT2D eigenvalue weighted by Crippen LogP contribution is -1.97. The number of hydrogen-bond donors (Lipinski definition) is 0. The van der Waals surface area contributed by atoms with Crippen LogP contribution in [0.15, 0.2) is 53.1 Å². The number of nitrogens with zero attached hydrogens (tertiary/aromatic N) is 3. The van der Waals surface area contributed by atoms with Gasteiger partial charge in [-0.25, -0.2) is 0 Å². The summed E-state index contributed by atoms with van der Waals surface area (Å²) >= 11 is 6.13. The van der Waals surface area contributed by atoms with Gasteiger partial charge in [-0.1, -0.05) is 59.2 Å². The first kappa shape index (κ1) is 15.7. The van der Waals surface area contributed by atoms with Crippen molar-refractivity contribution in [2.24, 2.45) is 0 Å². The molecule has 0 aliphatic rings. The Morgan fingerprint density at radius 1 is 1.21 bits per heavy atom. The quantitative estimate of drug-likeness (QED) is 0.531. The predicted molar refractivity (Wildman–Crippen MR) is 86.0 cm³/mol. The van der Waals surface area contributed by atoms with E-state index in [0.717, 1.165) is 17.7 Å². The normalized spacial score (nSPS) is 11.5. The second-order valence-corrected chi connectivity index (χ2v) is 5.17. The molecule has 0 unspecified atom stereocenters. The lowest BCUT2D eigenvalue weighted by molar-refractivity contribution is -0.398. The molecule has 1 heterocycles. The average Bonchev–Trinajstić information content (AvgIpc) is 3.07. The van der Waals surface area contributed by atoms with Crippen molar-refractivity contribution in [1.82, 2.24) is 10.1 Å². The van der Waals surface area contributed by atoms with Crippen LogP contribution in [0.3, 0.4) is 0 Å². The average molecular weight is 343 g/mol. The van der Waals surface area contributed by atoms with Crippen LogP contribution in [0.4, 0.5) is 5.69 Å². The van der Waals surface area contributed by atoms with Crippen LogP contribution in [-0.4, -0.2) is 15.1 Å². The van der Waals surface area contributed by atoms with E-state index in [2.05, 4.69) is 10.1 Å². The summed E-state index contributed by atoms with van der Waals surface area (Å²) in [5.74, 6) is -0.222. The third-order valence-corrected chi connectivity index (χ3v) is 3.41. The lowest BCUT2D eigenvalue weighted by Gasteiger charge is -2.06. The van der Waals surface area contributed by atoms with Crippen molar-refractivity contribution in [2.45, 2.75) is 0 Å². The SMILES string of the molecule is O=[N+]([O-])c1cc(/C=C(\Cl)c2nc(-c3ccccc3)no2)ccc1[O-]. The zero-order valence-electron chi connectivity index (χ0n) is 12.0. The van der Waals surface area contributed by atoms with Crippen LogP contribution in [0, 0.1) is 10.1 Å². The summed E-state index contributed by atoms with van der Waals surface area (Å²) < 4.78 is 5.10. The molecule has 0 radical (unpaired) electrons. The molecule has 2 aromatic carbocycles. The van der Waals surface area contributed by atoms with Gasteiger partial charge in [-0.2, -0.15) is 4.98 Å². The lowest BCUT2D eigenvalue weighted by atomic mass is 10.1. The van der Waals surface area contributed by atoms with Crippen molar-refractivity contribution >= 4 is 28.4 Å². The zero-order valence-corrected chi connectivity index (χ0v) is 12.8. The highest BCUT2D eigenvalue weighted by Gasteiger charge is 2.12. The molecule has 120 valence electrons. The Morgan fingerprint density at radius 2 is 1.96 bits per heavy atom. The molecule has 24 heavy (non-hydrogen) atoms. The molecular formula is C16H9ClN3O4-. The molecule has 0 N–H and O–H groups in total. The highest BCUT2D eigenvalue weighted by molar-refractivity contribution is 6.50. The molecule has 0 aliphatic heterocycles. The first-order valence-corrected chi connectivity index (χ1v) is 7.14. The standard InChI is InChI=1S/C16H10ClN3O4/c17-12(8-10-6-7-14(21)13(9-10)20(22)23)16-18-15(19-24-16)11-4-2-1-3-5-11/h1-9,21H/p-1/b12-8-. The van der Waals surface area contributed by atoms with Crippen molar-refractivity contribution in [3.05, 3.63) is 70.1 Å². The van der Waals surface area contributed by atoms with Gasteiger partial charge in [0.2, 0.25) is 5.82 Å². The maximum absolute atomic E-state index is 11.4. The predicted octanol–water partition coefficient (Wildman–Crippen LogP) is 3.46. The molecule has 0 atom stereocenters. The minimum atomic E-state index is -0.742. The number of rotatable bonds is 4. The van der Waals surface area contributed by atoms with E-state index >= 15 is 0 Å². The van der Waals surface area contributed by atoms with Gasteiger partial charge in [-0.15, -0.1) is 0 Å². The van der Waals surface area contributed by atoms with Crippen LogP contribution >= 0.6 is 11.6 Å². The van der Waals surface area contributed by atoms with Crippen LogP contribution in [-0.2, 0) is 0 Å². The molecule has 3 rings (SSSR count). The Kier molecular flexibility index (Phi) is 4.26. The maximum Gasteiger partial charge on any atom is 0.269 e. The van der Waals surface area contributed by atoms with Gasteiger partial charge < -0.3 is 9.63 Å². The summed E-state index contributed by atoms with van der Waals surface area (Å²) in [7, 11) is 0. The van der Waals surface area contributed by atoms with Crippen molar-refractivity contribution < 1.29 is 14.6 Å². The second kappa shape index (κ2) is 6.51. The van der Waals surface area contributed by atoms with Gasteiger partial charge in [0.15, 0.2) is 0 Å². The first-order chi connectivity index (χ1) is 11.5. The van der Waals surface area contributed by atoms with Gasteiger partial charge >= 0.3 is 0 Å². The van der Waals surface area contributed by atoms with E-state index in [9.17, 15) is 15.2 Å². The fourth-order valence-corrected chi connectivity index (χ4v) is 2.20. The van der Waals surface area contributed by atoms with Crippen molar-refractivity contribution in [3.8, 4) is 17.1 Å². The highest BCUT2D eigenvalue weighted by atomic mass is 35.5. The van der Waals surface area contributed by atoms with Crippen molar-refractivity contribution in [2.75, 3.05) is 0 Å². The van der Waals surface area contributed by atoms with Crippen molar-refractivity contribution in [1.29, 1.82) is 0 Å². The van der Waals surface area contributed by atoms with Gasteiger partial charge in [0, 0.05) is 11.6 Å². The molecule has 0 aliphatic carbocycles. The van der Waals surface area contributed by atoms with E-state index in [-0.39, 0.29) is 10.9 Å². The number of hydrogen-bond acceptors (Lipinski definition) is 6. The molecule has 0 saturated heterocycles. The molecule has 0 fully saturated rings. The summed E-state index contributed by atoms with van der Waals surface area (Å²) in [4.78, 5) is 14.2. The van der Waals surface area contributed by atoms with Gasteiger partial charge in [0.1, 0.15) is 5.03 Å². The van der Waals surface area contributed by atoms with Gasteiger partial charge in [0.25, 0.3) is 11.6 Å². The van der Waals surface area contributed by atoms with E-state index in [1.165, 1.54) is 12.1 Å². The van der Waals surface area contributed by atoms with E-state index in [0.29, 0.717) is 11.4 Å². The summed E-state index contributed by atoms with van der Waals surface area (Å²) in [6.07, 6.45) is 1.41. The number of nitro benzene ring substituents is 1. The molecule has 7 nitrogen and oxygen atoms in total. The summed E-state index contributed by atoms with van der Waals surface area (Å²) in [5, 5.41) is 26.1. The minimum Gasteiger partial charge on any atom is -0.868 e. The largest absolute Gasteiger partial charge is 0.868 e. The van der Waals surface area contributed by atoms with Crippen molar-refractivity contribution in [3.63, 3.8) is 0 Å². The van der Waals surface area contributed by atoms with Gasteiger partial charge in [-0.3, -0.25) is 10.1 Å². The highest BCUT2D eigenvalue weighted by Crippen LogP contribution is 2.28. The second-order valence-electron chi connectivity index (χ2n) is 4.77. The Morgan fingerprint density at radius 3 is 2.67 bits per heavy atom. The van der Waals surface area contributed by atoms with E-state index in [1.807, 2.05) is 30.3 Å². The summed E-state index contributed by atoms with van der Waals surface area (Å²) in [5.41, 5.74) is 0.623. The molecule has 8 heteroatoms. The zero-order chi connectivity index (χ0) is 17.1. The van der Waals surface area contributed by atoms with E-state index in [4.69, 9.17) is 16.1 Å². The minimum absolute atomic E-state index is 0.0735. The van der Waals surface area contributed by atoms with Gasteiger partial charge in [0.05, 0.1) is 4.92 Å². The van der Waals surface area contributed by atoms with Crippen LogP contribution in [0.1, 0.15) is 11.5 Å². The smallest absolute Gasteiger partial charge is 0.269 e. The van der Waals surface area contributed by atoms with Gasteiger partial charge in [-0.05, 0) is 17.4 Å². The third-order valence-electron chi connectivity index (χ3n) is 3.14. The number of aromatic nitrogens is 2. The Balaban J connectivity index is 1.91. The van der Waals surface area contributed by atoms with Crippen LogP contribution in [0.2, 0.25) is 0 Å². The maximum atomic E-state index is 11.4. The monoisotopic (exact) mass is 342 g/mol. The van der Waals surface area contributed by atoms with Crippen LogP contribution in [0.25, 0.3) is 22.5 Å². The number of nitro groups is 1. The van der Waals surface area contributed by atoms with E-state index in [1.54, 1.807) is 0 Å². The molecule has 1 aromatic heterocycles. The van der Waals surface area contributed by atoms with E-state index < -0.39 is 16.4 Å². The Labute approximate surface area is 141 Å². The molecule has 0 spiro atoms. The molecule has 0 bridgehead atoms. The molecule has 0 amide bonds. The number of benzene rings is 2. The summed E-state index contributed by atoms with van der Waals surface area (Å²) in [6, 6.07) is 12.9. The third kappa shape index (κ3) is 3.26.